The van der Waals surface area contributed by atoms with E-state index in [4.69, 9.17) is 5.73 Å². The summed E-state index contributed by atoms with van der Waals surface area (Å²) in [5.41, 5.74) is 8.90. The highest BCUT2D eigenvalue weighted by Gasteiger charge is 1.93. The number of carbonyl (C=O) groups is 1. The summed E-state index contributed by atoms with van der Waals surface area (Å²) in [6.07, 6.45) is 9.98. The zero-order chi connectivity index (χ0) is 14.7. The summed E-state index contributed by atoms with van der Waals surface area (Å²) in [7, 11) is 0. The van der Waals surface area contributed by atoms with Crippen LogP contribution in [0.4, 0.5) is 4.79 Å². The van der Waals surface area contributed by atoms with Gasteiger partial charge in [0.15, 0.2) is 0 Å². The Hall–Kier alpha value is -1.51. The fourth-order valence-electron chi connectivity index (χ4n) is 1.60. The zero-order valence-corrected chi connectivity index (χ0v) is 12.7. The van der Waals surface area contributed by atoms with E-state index >= 15 is 0 Å². The molecule has 1 amide bonds. The molecule has 0 aliphatic carbocycles. The maximum Gasteiger partial charge on any atom is 0.404 e. The Bertz CT molecular complexity index is 361. The first-order valence-corrected chi connectivity index (χ1v) is 6.78. The van der Waals surface area contributed by atoms with Crippen molar-refractivity contribution in [1.82, 2.24) is 0 Å². The summed E-state index contributed by atoms with van der Waals surface area (Å²) in [5.74, 6) is 0. The highest BCUT2D eigenvalue weighted by atomic mass is 16.5. The number of nitrogens with two attached hydrogens (primary N) is 1. The summed E-state index contributed by atoms with van der Waals surface area (Å²) in [4.78, 5) is 10.4. The minimum Gasteiger partial charge on any atom is -0.445 e. The molecule has 0 aromatic rings. The average molecular weight is 265 g/mol. The molecule has 0 aromatic heterocycles. The van der Waals surface area contributed by atoms with Crippen molar-refractivity contribution < 1.29 is 9.53 Å². The van der Waals surface area contributed by atoms with Crippen LogP contribution in [0.15, 0.2) is 34.9 Å². The lowest BCUT2D eigenvalue weighted by Crippen LogP contribution is -2.12. The molecule has 0 saturated carbocycles. The molecule has 0 bridgehead atoms. The number of ether oxygens (including phenoxy) is 1. The molecule has 0 spiro atoms. The van der Waals surface area contributed by atoms with Gasteiger partial charge in [0.05, 0.1) is 0 Å². The number of allylic oxidation sites excluding steroid dienone is 5. The number of primary amides is 1. The largest absolute Gasteiger partial charge is 0.445 e. The molecule has 0 aromatic carbocycles. The van der Waals surface area contributed by atoms with Gasteiger partial charge in [-0.05, 0) is 59.5 Å². The fourth-order valence-corrected chi connectivity index (χ4v) is 1.60. The van der Waals surface area contributed by atoms with Crippen molar-refractivity contribution in [3.05, 3.63) is 34.9 Å². The Morgan fingerprint density at radius 3 is 2.00 bits per heavy atom. The molecular formula is C16H27NO2. The molecule has 0 rings (SSSR count). The van der Waals surface area contributed by atoms with Gasteiger partial charge in [0, 0.05) is 0 Å². The average Bonchev–Trinajstić information content (AvgIpc) is 2.27. The van der Waals surface area contributed by atoms with Crippen LogP contribution in [0.2, 0.25) is 0 Å². The van der Waals surface area contributed by atoms with Gasteiger partial charge in [-0.25, -0.2) is 4.79 Å². The van der Waals surface area contributed by atoms with Gasteiger partial charge >= 0.3 is 6.09 Å². The second kappa shape index (κ2) is 10.4. The molecule has 3 nitrogen and oxygen atoms in total. The third kappa shape index (κ3) is 12.7. The molecule has 0 unspecified atom stereocenters. The van der Waals surface area contributed by atoms with Crippen LogP contribution < -0.4 is 5.73 Å². The maximum absolute atomic E-state index is 10.4. The number of hydrogen-bond acceptors (Lipinski definition) is 2. The first-order valence-electron chi connectivity index (χ1n) is 6.78. The minimum absolute atomic E-state index is 0.268. The molecular weight excluding hydrogens is 238 g/mol. The van der Waals surface area contributed by atoms with E-state index < -0.39 is 6.09 Å². The molecule has 108 valence electrons. The van der Waals surface area contributed by atoms with E-state index in [9.17, 15) is 4.79 Å². The van der Waals surface area contributed by atoms with E-state index in [1.165, 1.54) is 16.7 Å². The van der Waals surface area contributed by atoms with Crippen LogP contribution >= 0.6 is 0 Å². The quantitative estimate of drug-likeness (QED) is 0.657. The molecule has 0 fully saturated rings. The van der Waals surface area contributed by atoms with Crippen LogP contribution in [0.1, 0.15) is 53.4 Å². The maximum atomic E-state index is 10.4. The van der Waals surface area contributed by atoms with Crippen LogP contribution in [0.5, 0.6) is 0 Å². The van der Waals surface area contributed by atoms with Gasteiger partial charge in [-0.15, -0.1) is 0 Å². The van der Waals surface area contributed by atoms with Crippen molar-refractivity contribution in [2.24, 2.45) is 5.73 Å². The van der Waals surface area contributed by atoms with Gasteiger partial charge < -0.3 is 10.5 Å². The summed E-state index contributed by atoms with van der Waals surface area (Å²) in [6.45, 7) is 8.73. The number of amides is 1. The van der Waals surface area contributed by atoms with E-state index in [2.05, 4.69) is 37.7 Å². The molecule has 0 aliphatic rings. The second-order valence-corrected chi connectivity index (χ2v) is 5.09. The normalized spacial score (nSPS) is 12.2. The van der Waals surface area contributed by atoms with Gasteiger partial charge in [-0.2, -0.15) is 0 Å². The standard InChI is InChI=1S/C16H27NO2/c1-13(2)7-5-8-14(3)9-6-10-15(4)11-12-19-16(17)18/h7,9,11H,5-6,8,10,12H2,1-4H3,(H2,17,18)/b14-9+,15-11+. The van der Waals surface area contributed by atoms with Gasteiger partial charge in [0.1, 0.15) is 6.61 Å². The lowest BCUT2D eigenvalue weighted by molar-refractivity contribution is 0.169. The molecule has 2 N–H and O–H groups in total. The first kappa shape index (κ1) is 17.5. The van der Waals surface area contributed by atoms with Crippen LogP contribution in [0.25, 0.3) is 0 Å². The Kier molecular flexibility index (Phi) is 9.59. The monoisotopic (exact) mass is 265 g/mol. The van der Waals surface area contributed by atoms with Gasteiger partial charge in [-0.3, -0.25) is 0 Å². The predicted molar refractivity (Wildman–Crippen MR) is 80.9 cm³/mol. The molecule has 0 atom stereocenters. The van der Waals surface area contributed by atoms with Gasteiger partial charge in [-0.1, -0.05) is 28.9 Å². The Morgan fingerprint density at radius 1 is 0.947 bits per heavy atom. The summed E-state index contributed by atoms with van der Waals surface area (Å²) >= 11 is 0. The van der Waals surface area contributed by atoms with Crippen LogP contribution in [-0.2, 0) is 4.74 Å². The van der Waals surface area contributed by atoms with Crippen LogP contribution in [0, 0.1) is 0 Å². The van der Waals surface area contributed by atoms with Crippen molar-refractivity contribution >= 4 is 6.09 Å². The Balaban J connectivity index is 3.86. The molecule has 0 radical (unpaired) electrons. The van der Waals surface area contributed by atoms with Crippen LogP contribution in [0.3, 0.4) is 0 Å². The van der Waals surface area contributed by atoms with Gasteiger partial charge in [0.25, 0.3) is 0 Å². The third-order valence-corrected chi connectivity index (χ3v) is 2.78. The van der Waals surface area contributed by atoms with E-state index in [-0.39, 0.29) is 6.61 Å². The van der Waals surface area contributed by atoms with E-state index in [1.54, 1.807) is 0 Å². The van der Waals surface area contributed by atoms with E-state index in [0.717, 1.165) is 25.7 Å². The minimum atomic E-state index is -0.723. The predicted octanol–water partition coefficient (Wildman–Crippen LogP) is 4.50. The smallest absolute Gasteiger partial charge is 0.404 e. The SMILES string of the molecule is CC(C)=CCC/C(C)=C/CC/C(C)=C/COC(N)=O. The van der Waals surface area contributed by atoms with Crippen LogP contribution in [-0.4, -0.2) is 12.7 Å². The highest BCUT2D eigenvalue weighted by molar-refractivity contribution is 5.64. The zero-order valence-electron chi connectivity index (χ0n) is 12.7. The lowest BCUT2D eigenvalue weighted by Gasteiger charge is -2.02. The van der Waals surface area contributed by atoms with E-state index in [0.29, 0.717) is 0 Å². The number of carbonyl (C=O) groups excluding carboxylic acids is 1. The fraction of sp³-hybridized carbons (Fsp3) is 0.562. The summed E-state index contributed by atoms with van der Waals surface area (Å²) in [5, 5.41) is 0. The molecule has 19 heavy (non-hydrogen) atoms. The third-order valence-electron chi connectivity index (χ3n) is 2.78. The van der Waals surface area contributed by atoms with Gasteiger partial charge in [0.2, 0.25) is 0 Å². The molecule has 0 aliphatic heterocycles. The second-order valence-electron chi connectivity index (χ2n) is 5.09. The Labute approximate surface area is 117 Å². The first-order chi connectivity index (χ1) is 8.91. The summed E-state index contributed by atoms with van der Waals surface area (Å²) < 4.78 is 4.66. The highest BCUT2D eigenvalue weighted by Crippen LogP contribution is 2.11. The molecule has 0 saturated heterocycles. The van der Waals surface area contributed by atoms with Crippen molar-refractivity contribution in [2.45, 2.75) is 53.4 Å². The molecule has 3 heteroatoms. The summed E-state index contributed by atoms with van der Waals surface area (Å²) in [6, 6.07) is 0. The number of rotatable bonds is 8. The topological polar surface area (TPSA) is 52.3 Å². The Morgan fingerprint density at radius 2 is 1.47 bits per heavy atom. The number of hydrogen-bond donors (Lipinski definition) is 1. The van der Waals surface area contributed by atoms with Crippen molar-refractivity contribution in [3.63, 3.8) is 0 Å². The van der Waals surface area contributed by atoms with Crippen molar-refractivity contribution in [2.75, 3.05) is 6.61 Å². The van der Waals surface area contributed by atoms with E-state index in [1.807, 2.05) is 13.0 Å². The van der Waals surface area contributed by atoms with Crippen molar-refractivity contribution in [1.29, 1.82) is 0 Å². The van der Waals surface area contributed by atoms with Crippen molar-refractivity contribution in [3.8, 4) is 0 Å². The lowest BCUT2D eigenvalue weighted by atomic mass is 10.1. The molecule has 0 heterocycles.